The van der Waals surface area contributed by atoms with Gasteiger partial charge in [0.15, 0.2) is 0 Å². The summed E-state index contributed by atoms with van der Waals surface area (Å²) in [6.45, 7) is 5.64. The molecule has 192 valence electrons. The molecule has 0 saturated heterocycles. The summed E-state index contributed by atoms with van der Waals surface area (Å²) in [4.78, 5) is 25.3. The zero-order valence-electron chi connectivity index (χ0n) is 20.8. The molecule has 1 fully saturated rings. The normalized spacial score (nSPS) is 25.0. The van der Waals surface area contributed by atoms with Gasteiger partial charge in [0, 0.05) is 28.1 Å². The number of aliphatic carboxylic acids is 1. The maximum Gasteiger partial charge on any atom is 0.326 e. The van der Waals surface area contributed by atoms with Crippen LogP contribution in [0.25, 0.3) is 22.3 Å². The molecule has 2 aliphatic carbocycles. The predicted molar refractivity (Wildman–Crippen MR) is 140 cm³/mol. The van der Waals surface area contributed by atoms with E-state index in [4.69, 9.17) is 9.53 Å². The maximum atomic E-state index is 13.5. The zero-order valence-corrected chi connectivity index (χ0v) is 22.4. The van der Waals surface area contributed by atoms with Crippen LogP contribution in [0, 0.1) is 18.8 Å². The zero-order chi connectivity index (χ0) is 26.1. The van der Waals surface area contributed by atoms with Crippen molar-refractivity contribution in [3.05, 3.63) is 57.6 Å². The standard InChI is InChI=1S/C27H28BrN5O4/c1-13(2)23(26(35)36)29-25(34)16-8-6-10-18(16)33-27(30-31-32-33)17-9-5-4-7-15(17)24-22(28)20-19(37-24)12-11-14(3)21(20)27/h4-5,7,9,11-13,16,18,23H,6,8,10H2,1-3H3,(H,29,34)(H,30,32)(H,35,36)/t16?,18?,23-,27?/m0/s1. The average Bonchev–Trinajstić information content (AvgIpc) is 3.58. The summed E-state index contributed by atoms with van der Waals surface area (Å²) >= 11 is 3.81. The van der Waals surface area contributed by atoms with E-state index in [1.54, 1.807) is 13.8 Å². The van der Waals surface area contributed by atoms with Crippen molar-refractivity contribution in [2.45, 2.75) is 57.8 Å². The molecule has 1 saturated carbocycles. The molecule has 3 aromatic rings. The summed E-state index contributed by atoms with van der Waals surface area (Å²) in [6.07, 6.45) is 2.23. The SMILES string of the molecule is Cc1ccc2oc3c(Br)c2c1C1(N=NNN1C1CCCC1C(=O)N[C@H](C(=O)O)C(C)C)c1ccccc1-3. The molecular formula is C27H28BrN5O4. The van der Waals surface area contributed by atoms with Crippen LogP contribution in [-0.2, 0) is 15.3 Å². The highest BCUT2D eigenvalue weighted by atomic mass is 79.9. The number of hydrogen-bond donors (Lipinski definition) is 3. The fourth-order valence-corrected chi connectivity index (χ4v) is 6.95. The Labute approximate surface area is 222 Å². The van der Waals surface area contributed by atoms with Gasteiger partial charge in [-0.3, -0.25) is 4.79 Å². The summed E-state index contributed by atoms with van der Waals surface area (Å²) in [5.74, 6) is -1.21. The van der Waals surface area contributed by atoms with Gasteiger partial charge >= 0.3 is 5.97 Å². The predicted octanol–water partition coefficient (Wildman–Crippen LogP) is 5.27. The molecule has 3 N–H and O–H groups in total. The first-order chi connectivity index (χ1) is 17.8. The average molecular weight is 566 g/mol. The molecule has 37 heavy (non-hydrogen) atoms. The van der Waals surface area contributed by atoms with E-state index in [1.807, 2.05) is 41.4 Å². The number of benzene rings is 2. The number of aryl methyl sites for hydroxylation is 1. The van der Waals surface area contributed by atoms with Crippen molar-refractivity contribution in [1.29, 1.82) is 0 Å². The Bertz CT molecular complexity index is 1470. The van der Waals surface area contributed by atoms with E-state index in [0.29, 0.717) is 6.42 Å². The molecule has 3 unspecified atom stereocenters. The number of hydrogen-bond acceptors (Lipinski definition) is 7. The minimum absolute atomic E-state index is 0.232. The van der Waals surface area contributed by atoms with Gasteiger partial charge in [0.05, 0.1) is 10.4 Å². The molecule has 2 heterocycles. The summed E-state index contributed by atoms with van der Waals surface area (Å²) in [6, 6.07) is 10.8. The smallest absolute Gasteiger partial charge is 0.326 e. The molecule has 6 rings (SSSR count). The molecule has 4 atom stereocenters. The van der Waals surface area contributed by atoms with E-state index in [0.717, 1.165) is 56.3 Å². The molecule has 1 spiro atoms. The van der Waals surface area contributed by atoms with Crippen LogP contribution in [0.5, 0.6) is 0 Å². The summed E-state index contributed by atoms with van der Waals surface area (Å²) in [7, 11) is 0. The highest BCUT2D eigenvalue weighted by molar-refractivity contribution is 9.10. The van der Waals surface area contributed by atoms with Gasteiger partial charge in [-0.1, -0.05) is 55.8 Å². The van der Waals surface area contributed by atoms with Crippen molar-refractivity contribution in [3.63, 3.8) is 0 Å². The lowest BCUT2D eigenvalue weighted by molar-refractivity contribution is -0.144. The lowest BCUT2D eigenvalue weighted by Crippen LogP contribution is -2.57. The lowest BCUT2D eigenvalue weighted by Gasteiger charge is -2.41. The molecule has 1 aliphatic heterocycles. The third kappa shape index (κ3) is 3.38. The van der Waals surface area contributed by atoms with Gasteiger partial charge in [-0.2, -0.15) is 5.01 Å². The quantitative estimate of drug-likeness (QED) is 0.387. The molecule has 9 nitrogen and oxygen atoms in total. The molecular weight excluding hydrogens is 538 g/mol. The second-order valence-electron chi connectivity index (χ2n) is 10.4. The van der Waals surface area contributed by atoms with Crippen molar-refractivity contribution in [2.75, 3.05) is 0 Å². The van der Waals surface area contributed by atoms with Crippen LogP contribution in [0.15, 0.2) is 55.6 Å². The van der Waals surface area contributed by atoms with Crippen LogP contribution < -0.4 is 10.9 Å². The van der Waals surface area contributed by atoms with E-state index in [1.165, 1.54) is 0 Å². The molecule has 2 aromatic carbocycles. The van der Waals surface area contributed by atoms with Gasteiger partial charge in [0.1, 0.15) is 17.4 Å². The number of nitrogens with one attached hydrogen (secondary N) is 2. The largest absolute Gasteiger partial charge is 0.480 e. The van der Waals surface area contributed by atoms with Gasteiger partial charge in [0.2, 0.25) is 11.6 Å². The number of amides is 1. The Morgan fingerprint density at radius 3 is 2.78 bits per heavy atom. The number of carbonyl (C=O) groups excluding carboxylic acids is 1. The highest BCUT2D eigenvalue weighted by Crippen LogP contribution is 2.56. The van der Waals surface area contributed by atoms with Gasteiger partial charge in [-0.25, -0.2) is 10.3 Å². The number of furan rings is 1. The van der Waals surface area contributed by atoms with Crippen LogP contribution >= 0.6 is 15.9 Å². The van der Waals surface area contributed by atoms with Crippen molar-refractivity contribution in [3.8, 4) is 11.3 Å². The number of hydrazine groups is 1. The Kier molecular flexibility index (Phi) is 5.65. The number of nitrogens with zero attached hydrogens (tertiary/aromatic N) is 3. The van der Waals surface area contributed by atoms with E-state index in [-0.39, 0.29) is 17.9 Å². The molecule has 3 aliphatic rings. The Morgan fingerprint density at radius 2 is 2.03 bits per heavy atom. The number of carboxylic acids is 1. The molecule has 0 radical (unpaired) electrons. The van der Waals surface area contributed by atoms with Crippen LogP contribution in [0.2, 0.25) is 0 Å². The van der Waals surface area contributed by atoms with Crippen molar-refractivity contribution < 1.29 is 19.1 Å². The number of fused-ring (bicyclic) bond motifs is 5. The fraction of sp³-hybridized carbons (Fsp3) is 0.407. The number of rotatable bonds is 5. The van der Waals surface area contributed by atoms with Crippen LogP contribution in [0.1, 0.15) is 49.8 Å². The second kappa shape index (κ2) is 8.66. The number of carboxylic acid groups (broad SMARTS) is 1. The minimum atomic E-state index is -1.03. The first kappa shape index (κ1) is 24.1. The van der Waals surface area contributed by atoms with E-state index in [2.05, 4.69) is 38.9 Å². The van der Waals surface area contributed by atoms with Crippen molar-refractivity contribution in [1.82, 2.24) is 15.9 Å². The molecule has 1 amide bonds. The van der Waals surface area contributed by atoms with Gasteiger partial charge in [-0.15, -0.1) is 5.11 Å². The van der Waals surface area contributed by atoms with Crippen LogP contribution in [0.3, 0.4) is 0 Å². The second-order valence-corrected chi connectivity index (χ2v) is 11.2. The summed E-state index contributed by atoms with van der Waals surface area (Å²) in [5.41, 5.74) is 6.64. The summed E-state index contributed by atoms with van der Waals surface area (Å²) in [5, 5.41) is 24.6. The molecule has 10 heteroatoms. The first-order valence-electron chi connectivity index (χ1n) is 12.6. The van der Waals surface area contributed by atoms with Gasteiger partial charge in [-0.05, 0) is 53.2 Å². The van der Waals surface area contributed by atoms with Gasteiger partial charge in [0.25, 0.3) is 0 Å². The van der Waals surface area contributed by atoms with Crippen molar-refractivity contribution in [2.24, 2.45) is 22.2 Å². The topological polar surface area (TPSA) is 120 Å². The lowest BCUT2D eigenvalue weighted by atomic mass is 9.83. The minimum Gasteiger partial charge on any atom is -0.480 e. The Hall–Kier alpha value is -3.24. The highest BCUT2D eigenvalue weighted by Gasteiger charge is 2.56. The Morgan fingerprint density at radius 1 is 1.24 bits per heavy atom. The van der Waals surface area contributed by atoms with Crippen LogP contribution in [0.4, 0.5) is 0 Å². The van der Waals surface area contributed by atoms with E-state index in [9.17, 15) is 14.7 Å². The molecule has 2 bridgehead atoms. The number of carbonyl (C=O) groups is 2. The maximum absolute atomic E-state index is 13.5. The fourth-order valence-electron chi connectivity index (χ4n) is 6.26. The van der Waals surface area contributed by atoms with Crippen molar-refractivity contribution >= 4 is 38.8 Å². The monoisotopic (exact) mass is 565 g/mol. The van der Waals surface area contributed by atoms with Crippen LogP contribution in [-0.4, -0.2) is 34.1 Å². The Balaban J connectivity index is 1.50. The first-order valence-corrected chi connectivity index (χ1v) is 13.4. The van der Waals surface area contributed by atoms with E-state index >= 15 is 0 Å². The van der Waals surface area contributed by atoms with E-state index < -0.39 is 23.6 Å². The summed E-state index contributed by atoms with van der Waals surface area (Å²) < 4.78 is 7.17. The van der Waals surface area contributed by atoms with Gasteiger partial charge < -0.3 is 14.8 Å². The third-order valence-electron chi connectivity index (χ3n) is 7.98. The third-order valence-corrected chi connectivity index (χ3v) is 8.73. The number of halogens is 1. The molecule has 1 aromatic heterocycles.